The standard InChI is InChI=1S/C34H31ClN4O3S/c1-5-38(6-2)33(41)29-20(3)36-34-39(31(29)22-12-14-23(35)15-13-22)32(40)28(43-34)19-26-25-18-24(42-4)16-17-27(25)37-30(26)21-10-8-7-9-11-21/h7-19,31,37H,5-6H2,1-4H3/b28-19+/t31-/m1/s1. The van der Waals surface area contributed by atoms with Crippen LogP contribution in [0.1, 0.15) is 37.9 Å². The van der Waals surface area contributed by atoms with Crippen molar-refractivity contribution in [2.75, 3.05) is 20.2 Å². The topological polar surface area (TPSA) is 79.7 Å². The van der Waals surface area contributed by atoms with Crippen molar-refractivity contribution in [1.82, 2.24) is 14.5 Å². The summed E-state index contributed by atoms with van der Waals surface area (Å²) in [5, 5.41) is 1.52. The van der Waals surface area contributed by atoms with Crippen LogP contribution in [0, 0.1) is 0 Å². The van der Waals surface area contributed by atoms with E-state index in [1.165, 1.54) is 11.3 Å². The number of methoxy groups -OCH3 is 1. The van der Waals surface area contributed by atoms with Gasteiger partial charge in [-0.25, -0.2) is 4.99 Å². The van der Waals surface area contributed by atoms with Crippen LogP contribution < -0.4 is 19.6 Å². The molecule has 1 atom stereocenters. The molecule has 0 saturated heterocycles. The van der Waals surface area contributed by atoms with Gasteiger partial charge >= 0.3 is 0 Å². The van der Waals surface area contributed by atoms with Gasteiger partial charge in [-0.3, -0.25) is 14.2 Å². The lowest BCUT2D eigenvalue weighted by Crippen LogP contribution is -2.43. The number of likely N-dealkylation sites (N-methyl/N-ethyl adjacent to an activating group) is 1. The molecular weight excluding hydrogens is 580 g/mol. The Morgan fingerprint density at radius 1 is 1.09 bits per heavy atom. The Balaban J connectivity index is 1.61. The van der Waals surface area contributed by atoms with E-state index in [1.807, 2.05) is 87.5 Å². The van der Waals surface area contributed by atoms with Gasteiger partial charge in [-0.2, -0.15) is 0 Å². The summed E-state index contributed by atoms with van der Waals surface area (Å²) in [5.74, 6) is 0.593. The lowest BCUT2D eigenvalue weighted by Gasteiger charge is -2.29. The number of thiazole rings is 1. The average Bonchev–Trinajstić information content (AvgIpc) is 3.54. The van der Waals surface area contributed by atoms with Gasteiger partial charge in [0.05, 0.1) is 34.6 Å². The van der Waals surface area contributed by atoms with Crippen molar-refractivity contribution in [3.63, 3.8) is 0 Å². The number of hydrogen-bond acceptors (Lipinski definition) is 5. The molecule has 0 unspecified atom stereocenters. The maximum absolute atomic E-state index is 14.4. The van der Waals surface area contributed by atoms with Crippen molar-refractivity contribution in [1.29, 1.82) is 0 Å². The zero-order valence-corrected chi connectivity index (χ0v) is 25.9. The van der Waals surface area contributed by atoms with Crippen LogP contribution in [-0.2, 0) is 4.79 Å². The van der Waals surface area contributed by atoms with Gasteiger partial charge in [-0.15, -0.1) is 0 Å². The molecule has 218 valence electrons. The van der Waals surface area contributed by atoms with Crippen molar-refractivity contribution in [3.05, 3.63) is 120 Å². The van der Waals surface area contributed by atoms with E-state index in [4.69, 9.17) is 21.3 Å². The van der Waals surface area contributed by atoms with Crippen molar-refractivity contribution in [3.8, 4) is 17.0 Å². The third kappa shape index (κ3) is 5.11. The van der Waals surface area contributed by atoms with Gasteiger partial charge in [0.1, 0.15) is 5.75 Å². The van der Waals surface area contributed by atoms with Crippen LogP contribution in [0.15, 0.2) is 93.9 Å². The molecule has 0 spiro atoms. The number of halogens is 1. The lowest BCUT2D eigenvalue weighted by atomic mass is 9.94. The smallest absolute Gasteiger partial charge is 0.271 e. The molecule has 1 aliphatic rings. The minimum atomic E-state index is -0.638. The Bertz CT molecular complexity index is 2050. The van der Waals surface area contributed by atoms with Gasteiger partial charge in [-0.1, -0.05) is 65.4 Å². The number of aromatic amines is 1. The second kappa shape index (κ2) is 11.7. The van der Waals surface area contributed by atoms with Gasteiger partial charge in [0, 0.05) is 34.6 Å². The molecule has 1 N–H and O–H groups in total. The van der Waals surface area contributed by atoms with E-state index in [2.05, 4.69) is 4.98 Å². The zero-order valence-electron chi connectivity index (χ0n) is 24.3. The molecule has 9 heteroatoms. The van der Waals surface area contributed by atoms with E-state index < -0.39 is 6.04 Å². The highest BCUT2D eigenvalue weighted by Crippen LogP contribution is 2.34. The summed E-state index contributed by atoms with van der Waals surface area (Å²) in [6.07, 6.45) is 1.93. The summed E-state index contributed by atoms with van der Waals surface area (Å²) in [7, 11) is 1.64. The van der Waals surface area contributed by atoms with E-state index in [0.29, 0.717) is 38.7 Å². The average molecular weight is 611 g/mol. The fraction of sp³-hybridized carbons (Fsp3) is 0.206. The molecule has 2 aromatic heterocycles. The second-order valence-electron chi connectivity index (χ2n) is 10.3. The van der Waals surface area contributed by atoms with E-state index in [0.717, 1.165) is 39.0 Å². The number of benzene rings is 3. The van der Waals surface area contributed by atoms with Crippen LogP contribution in [0.5, 0.6) is 5.75 Å². The van der Waals surface area contributed by atoms with Gasteiger partial charge in [0.25, 0.3) is 11.5 Å². The number of hydrogen-bond donors (Lipinski definition) is 1. The molecule has 0 bridgehead atoms. The number of nitrogens with zero attached hydrogens (tertiary/aromatic N) is 3. The van der Waals surface area contributed by atoms with Crippen LogP contribution in [0.4, 0.5) is 0 Å². The molecule has 0 radical (unpaired) electrons. The Morgan fingerprint density at radius 3 is 2.49 bits per heavy atom. The van der Waals surface area contributed by atoms with Crippen LogP contribution in [0.25, 0.3) is 28.2 Å². The highest BCUT2D eigenvalue weighted by Gasteiger charge is 2.34. The number of ether oxygens (including phenoxy) is 1. The molecule has 7 nitrogen and oxygen atoms in total. The molecule has 1 aliphatic heterocycles. The Kier molecular flexibility index (Phi) is 7.81. The molecule has 1 amide bonds. The maximum atomic E-state index is 14.4. The minimum absolute atomic E-state index is 0.129. The van der Waals surface area contributed by atoms with Crippen molar-refractivity contribution < 1.29 is 9.53 Å². The molecule has 5 aromatic rings. The van der Waals surface area contributed by atoms with E-state index in [9.17, 15) is 9.59 Å². The molecule has 3 aromatic carbocycles. The van der Waals surface area contributed by atoms with Crippen LogP contribution in [0.3, 0.4) is 0 Å². The predicted molar refractivity (Wildman–Crippen MR) is 173 cm³/mol. The lowest BCUT2D eigenvalue weighted by molar-refractivity contribution is -0.127. The maximum Gasteiger partial charge on any atom is 0.271 e. The van der Waals surface area contributed by atoms with Gasteiger partial charge in [0.2, 0.25) is 0 Å². The van der Waals surface area contributed by atoms with Gasteiger partial charge < -0.3 is 14.6 Å². The van der Waals surface area contributed by atoms with Crippen molar-refractivity contribution in [2.45, 2.75) is 26.8 Å². The second-order valence-corrected chi connectivity index (χ2v) is 11.7. The monoisotopic (exact) mass is 610 g/mol. The number of H-pyrrole nitrogens is 1. The Morgan fingerprint density at radius 2 is 1.81 bits per heavy atom. The molecule has 43 heavy (non-hydrogen) atoms. The highest BCUT2D eigenvalue weighted by atomic mass is 35.5. The first-order chi connectivity index (χ1) is 20.8. The first kappa shape index (κ1) is 28.7. The van der Waals surface area contributed by atoms with Crippen LogP contribution in [-0.4, -0.2) is 40.6 Å². The molecular formula is C34H31ClN4O3S. The molecule has 6 rings (SSSR count). The summed E-state index contributed by atoms with van der Waals surface area (Å²) in [6.45, 7) is 6.84. The highest BCUT2D eigenvalue weighted by molar-refractivity contribution is 7.07. The van der Waals surface area contributed by atoms with E-state index in [1.54, 1.807) is 28.7 Å². The number of carbonyl (C=O) groups excluding carboxylic acids is 1. The Hall–Kier alpha value is -4.40. The summed E-state index contributed by atoms with van der Waals surface area (Å²) < 4.78 is 7.70. The number of fused-ring (bicyclic) bond motifs is 2. The predicted octanol–water partition coefficient (Wildman–Crippen LogP) is 5.91. The summed E-state index contributed by atoms with van der Waals surface area (Å²) in [6, 6.07) is 22.6. The van der Waals surface area contributed by atoms with E-state index >= 15 is 0 Å². The Labute approximate surface area is 258 Å². The summed E-state index contributed by atoms with van der Waals surface area (Å²) in [4.78, 5) is 38.9. The zero-order chi connectivity index (χ0) is 30.2. The largest absolute Gasteiger partial charge is 0.497 e. The first-order valence-electron chi connectivity index (χ1n) is 14.2. The summed E-state index contributed by atoms with van der Waals surface area (Å²) in [5.41, 5.74) is 5.39. The summed E-state index contributed by atoms with van der Waals surface area (Å²) >= 11 is 7.55. The first-order valence-corrected chi connectivity index (χ1v) is 15.4. The van der Waals surface area contributed by atoms with Gasteiger partial charge in [0.15, 0.2) is 4.80 Å². The minimum Gasteiger partial charge on any atom is -0.497 e. The number of aromatic nitrogens is 2. The SMILES string of the molecule is CCN(CC)C(=O)C1=C(C)N=c2s/c(=C/c3c(-c4ccccc4)[nH]c4ccc(OC)cc34)c(=O)n2[C@@H]1c1ccc(Cl)cc1. The van der Waals surface area contributed by atoms with Crippen molar-refractivity contribution >= 4 is 45.8 Å². The molecule has 3 heterocycles. The fourth-order valence-corrected chi connectivity index (χ4v) is 6.82. The van der Waals surface area contributed by atoms with E-state index in [-0.39, 0.29) is 11.5 Å². The number of amides is 1. The van der Waals surface area contributed by atoms with Crippen LogP contribution >= 0.6 is 22.9 Å². The number of allylic oxidation sites excluding steroid dienone is 1. The quantitative estimate of drug-likeness (QED) is 0.249. The normalized spacial score (nSPS) is 15.0. The van der Waals surface area contributed by atoms with Crippen LogP contribution in [0.2, 0.25) is 5.02 Å². The number of carbonyl (C=O) groups is 1. The van der Waals surface area contributed by atoms with Gasteiger partial charge in [-0.05, 0) is 68.3 Å². The molecule has 0 saturated carbocycles. The molecule has 0 fully saturated rings. The third-order valence-corrected chi connectivity index (χ3v) is 9.11. The van der Waals surface area contributed by atoms with Crippen molar-refractivity contribution in [2.24, 2.45) is 4.99 Å². The number of rotatable bonds is 7. The molecule has 0 aliphatic carbocycles. The number of nitrogens with one attached hydrogen (secondary N) is 1. The fourth-order valence-electron chi connectivity index (χ4n) is 5.67. The third-order valence-electron chi connectivity index (χ3n) is 7.87.